The molecule has 0 unspecified atom stereocenters. The molecular formula is C20H25N3O3. The Bertz CT molecular complexity index is 752. The highest BCUT2D eigenvalue weighted by Gasteiger charge is 2.47. The summed E-state index contributed by atoms with van der Waals surface area (Å²) in [5, 5.41) is 9.93. The number of benzene rings is 1. The zero-order valence-corrected chi connectivity index (χ0v) is 15.1. The van der Waals surface area contributed by atoms with Crippen molar-refractivity contribution in [1.82, 2.24) is 14.9 Å². The molecule has 2 fully saturated rings. The quantitative estimate of drug-likeness (QED) is 0.885. The Labute approximate surface area is 153 Å². The number of aromatic nitrogens is 2. The summed E-state index contributed by atoms with van der Waals surface area (Å²) < 4.78 is 11.0. The van der Waals surface area contributed by atoms with Crippen molar-refractivity contribution in [3.05, 3.63) is 42.2 Å². The fourth-order valence-electron chi connectivity index (χ4n) is 4.20. The number of likely N-dealkylation sites (tertiary alicyclic amines) is 1. The van der Waals surface area contributed by atoms with Crippen molar-refractivity contribution in [1.29, 1.82) is 0 Å². The summed E-state index contributed by atoms with van der Waals surface area (Å²) in [5.41, 5.74) is 1.97. The van der Waals surface area contributed by atoms with Crippen molar-refractivity contribution in [3.8, 4) is 17.1 Å². The van der Waals surface area contributed by atoms with E-state index in [1.54, 1.807) is 7.11 Å². The first-order valence-electron chi connectivity index (χ1n) is 9.09. The normalized spacial score (nSPS) is 25.8. The van der Waals surface area contributed by atoms with Gasteiger partial charge in [-0.2, -0.15) is 0 Å². The first-order valence-corrected chi connectivity index (χ1v) is 9.09. The standard InChI is InChI=1S/C20H25N3O3/c1-25-18-5-3-2-4-17(18)19-21-8-15(9-22-19)10-23-11-16-12-26-7-6-20(16,13-23)14-24/h2-5,8-9,16,24H,6-7,10-14H2,1H3/t16-,20-/m1/s1. The molecule has 4 rings (SSSR count). The van der Waals surface area contributed by atoms with Crippen molar-refractivity contribution >= 4 is 0 Å². The molecule has 3 heterocycles. The Balaban J connectivity index is 1.47. The average Bonchev–Trinajstić information content (AvgIpc) is 3.07. The largest absolute Gasteiger partial charge is 0.496 e. The van der Waals surface area contributed by atoms with Crippen LogP contribution in [0.4, 0.5) is 0 Å². The van der Waals surface area contributed by atoms with Gasteiger partial charge in [-0.05, 0) is 18.6 Å². The fraction of sp³-hybridized carbons (Fsp3) is 0.500. The Kier molecular flexibility index (Phi) is 4.89. The van der Waals surface area contributed by atoms with E-state index in [1.165, 1.54) is 0 Å². The van der Waals surface area contributed by atoms with Crippen molar-refractivity contribution in [2.75, 3.05) is 40.0 Å². The third-order valence-corrected chi connectivity index (χ3v) is 5.72. The van der Waals surface area contributed by atoms with E-state index in [-0.39, 0.29) is 12.0 Å². The number of methoxy groups -OCH3 is 1. The average molecular weight is 355 g/mol. The molecule has 0 aliphatic carbocycles. The Morgan fingerprint density at radius 1 is 1.31 bits per heavy atom. The zero-order valence-electron chi connectivity index (χ0n) is 15.1. The van der Waals surface area contributed by atoms with Crippen molar-refractivity contribution in [2.45, 2.75) is 13.0 Å². The van der Waals surface area contributed by atoms with Gasteiger partial charge in [-0.1, -0.05) is 12.1 Å². The summed E-state index contributed by atoms with van der Waals surface area (Å²) in [6.07, 6.45) is 4.71. The van der Waals surface area contributed by atoms with Crippen LogP contribution in [0.2, 0.25) is 0 Å². The number of nitrogens with zero attached hydrogens (tertiary/aromatic N) is 3. The third kappa shape index (κ3) is 3.20. The maximum atomic E-state index is 9.93. The molecule has 1 aromatic carbocycles. The van der Waals surface area contributed by atoms with Gasteiger partial charge in [0.05, 0.1) is 25.9 Å². The maximum absolute atomic E-state index is 9.93. The van der Waals surface area contributed by atoms with Gasteiger partial charge in [0, 0.05) is 55.5 Å². The van der Waals surface area contributed by atoms with Crippen molar-refractivity contribution < 1.29 is 14.6 Å². The van der Waals surface area contributed by atoms with Gasteiger partial charge in [0.25, 0.3) is 0 Å². The highest BCUT2D eigenvalue weighted by Crippen LogP contribution is 2.42. The van der Waals surface area contributed by atoms with Gasteiger partial charge in [0.2, 0.25) is 0 Å². The molecule has 6 nitrogen and oxygen atoms in total. The minimum atomic E-state index is -0.00352. The molecule has 2 atom stereocenters. The summed E-state index contributed by atoms with van der Waals surface area (Å²) in [7, 11) is 1.65. The molecule has 1 aromatic heterocycles. The number of aliphatic hydroxyl groups excluding tert-OH is 1. The molecule has 138 valence electrons. The van der Waals surface area contributed by atoms with Gasteiger partial charge in [0.1, 0.15) is 5.75 Å². The van der Waals surface area contributed by atoms with Crippen LogP contribution < -0.4 is 4.74 Å². The molecule has 2 aliphatic rings. The van der Waals surface area contributed by atoms with Crippen LogP contribution in [-0.4, -0.2) is 60.0 Å². The first kappa shape index (κ1) is 17.4. The molecular weight excluding hydrogens is 330 g/mol. The summed E-state index contributed by atoms with van der Waals surface area (Å²) >= 11 is 0. The number of hydrogen-bond donors (Lipinski definition) is 1. The van der Waals surface area contributed by atoms with E-state index in [9.17, 15) is 5.11 Å². The second-order valence-corrected chi connectivity index (χ2v) is 7.33. The fourth-order valence-corrected chi connectivity index (χ4v) is 4.20. The van der Waals surface area contributed by atoms with Crippen LogP contribution in [0.5, 0.6) is 5.75 Å². The van der Waals surface area contributed by atoms with Crippen molar-refractivity contribution in [3.63, 3.8) is 0 Å². The topological polar surface area (TPSA) is 67.7 Å². The lowest BCUT2D eigenvalue weighted by atomic mass is 9.75. The Hall–Kier alpha value is -2.02. The first-order chi connectivity index (χ1) is 12.7. The van der Waals surface area contributed by atoms with Gasteiger partial charge >= 0.3 is 0 Å². The van der Waals surface area contributed by atoms with E-state index in [0.717, 1.165) is 56.1 Å². The van der Waals surface area contributed by atoms with Crippen LogP contribution in [0.3, 0.4) is 0 Å². The van der Waals surface area contributed by atoms with Crippen LogP contribution in [0.25, 0.3) is 11.4 Å². The van der Waals surface area contributed by atoms with E-state index in [1.807, 2.05) is 36.7 Å². The van der Waals surface area contributed by atoms with Gasteiger partial charge < -0.3 is 14.6 Å². The molecule has 0 saturated carbocycles. The maximum Gasteiger partial charge on any atom is 0.162 e. The van der Waals surface area contributed by atoms with E-state index >= 15 is 0 Å². The predicted octanol–water partition coefficient (Wildman–Crippen LogP) is 1.98. The number of fused-ring (bicyclic) bond motifs is 1. The number of aliphatic hydroxyl groups is 1. The summed E-state index contributed by atoms with van der Waals surface area (Å²) in [6.45, 7) is 4.40. The molecule has 0 radical (unpaired) electrons. The van der Waals surface area contributed by atoms with Gasteiger partial charge in [-0.15, -0.1) is 0 Å². The summed E-state index contributed by atoms with van der Waals surface area (Å²) in [4.78, 5) is 11.5. The summed E-state index contributed by atoms with van der Waals surface area (Å²) in [5.74, 6) is 1.85. The number of para-hydroxylation sites is 1. The van der Waals surface area contributed by atoms with Crippen LogP contribution in [0, 0.1) is 11.3 Å². The second kappa shape index (κ2) is 7.31. The highest BCUT2D eigenvalue weighted by molar-refractivity contribution is 5.63. The lowest BCUT2D eigenvalue weighted by Crippen LogP contribution is -2.41. The second-order valence-electron chi connectivity index (χ2n) is 7.33. The molecule has 6 heteroatoms. The van der Waals surface area contributed by atoms with E-state index < -0.39 is 0 Å². The Morgan fingerprint density at radius 2 is 2.12 bits per heavy atom. The minimum absolute atomic E-state index is 0.00352. The zero-order chi connectivity index (χ0) is 18.0. The number of rotatable bonds is 5. The highest BCUT2D eigenvalue weighted by atomic mass is 16.5. The van der Waals surface area contributed by atoms with Crippen LogP contribution >= 0.6 is 0 Å². The number of hydrogen-bond acceptors (Lipinski definition) is 6. The minimum Gasteiger partial charge on any atom is -0.496 e. The van der Waals surface area contributed by atoms with Gasteiger partial charge in [-0.3, -0.25) is 4.90 Å². The SMILES string of the molecule is COc1ccccc1-c1ncc(CN2C[C@@H]3COCC[C@]3(CO)C2)cn1. The van der Waals surface area contributed by atoms with Crippen LogP contribution in [0.1, 0.15) is 12.0 Å². The van der Waals surface area contributed by atoms with Crippen LogP contribution in [0.15, 0.2) is 36.7 Å². The van der Waals surface area contributed by atoms with Gasteiger partial charge in [0.15, 0.2) is 5.82 Å². The number of ether oxygens (including phenoxy) is 2. The molecule has 2 saturated heterocycles. The molecule has 0 spiro atoms. The summed E-state index contributed by atoms with van der Waals surface area (Å²) in [6, 6.07) is 7.76. The lowest BCUT2D eigenvalue weighted by Gasteiger charge is -2.36. The Morgan fingerprint density at radius 3 is 2.85 bits per heavy atom. The lowest BCUT2D eigenvalue weighted by molar-refractivity contribution is -0.0417. The van der Waals surface area contributed by atoms with E-state index in [2.05, 4.69) is 14.9 Å². The predicted molar refractivity (Wildman–Crippen MR) is 97.7 cm³/mol. The van der Waals surface area contributed by atoms with E-state index in [0.29, 0.717) is 11.7 Å². The van der Waals surface area contributed by atoms with Gasteiger partial charge in [-0.25, -0.2) is 9.97 Å². The monoisotopic (exact) mass is 355 g/mol. The molecule has 26 heavy (non-hydrogen) atoms. The van der Waals surface area contributed by atoms with E-state index in [4.69, 9.17) is 9.47 Å². The molecule has 1 N–H and O–H groups in total. The third-order valence-electron chi connectivity index (χ3n) is 5.72. The van der Waals surface area contributed by atoms with Crippen LogP contribution in [-0.2, 0) is 11.3 Å². The van der Waals surface area contributed by atoms with Crippen molar-refractivity contribution in [2.24, 2.45) is 11.3 Å². The molecule has 2 aliphatic heterocycles. The molecule has 0 bridgehead atoms. The smallest absolute Gasteiger partial charge is 0.162 e. The molecule has 0 amide bonds. The molecule has 2 aromatic rings.